The highest BCUT2D eigenvalue weighted by Gasteiger charge is 2.32. The van der Waals surface area contributed by atoms with Crippen molar-refractivity contribution in [3.8, 4) is 0 Å². The highest BCUT2D eigenvalue weighted by Crippen LogP contribution is 2.29. The van der Waals surface area contributed by atoms with E-state index in [1.54, 1.807) is 0 Å². The topological polar surface area (TPSA) is 60.8 Å². The van der Waals surface area contributed by atoms with E-state index in [9.17, 15) is 15.0 Å². The van der Waals surface area contributed by atoms with Crippen molar-refractivity contribution in [2.24, 2.45) is 0 Å². The molecule has 1 amide bonds. The Bertz CT molecular complexity index is 438. The van der Waals surface area contributed by atoms with Crippen LogP contribution >= 0.6 is 22.6 Å². The van der Waals surface area contributed by atoms with Crippen LogP contribution in [0, 0.1) is 3.57 Å². The van der Waals surface area contributed by atoms with Crippen molar-refractivity contribution in [2.75, 3.05) is 6.54 Å². The zero-order chi connectivity index (χ0) is 13.1. The number of nitrogens with zero attached hydrogens (tertiary/aromatic N) is 1. The molecule has 18 heavy (non-hydrogen) atoms. The number of hydrogen-bond donors (Lipinski definition) is 2. The summed E-state index contributed by atoms with van der Waals surface area (Å²) in [6, 6.07) is 7.26. The first-order chi connectivity index (χ1) is 8.59. The number of likely N-dealkylation sites (tertiary alicyclic amines) is 1. The molecule has 5 heteroatoms. The summed E-state index contributed by atoms with van der Waals surface area (Å²) in [5, 5.41) is 19.6. The molecule has 1 heterocycles. The van der Waals surface area contributed by atoms with Crippen LogP contribution in [-0.2, 0) is 0 Å². The zero-order valence-corrected chi connectivity index (χ0v) is 12.1. The Morgan fingerprint density at radius 2 is 2.22 bits per heavy atom. The summed E-state index contributed by atoms with van der Waals surface area (Å²) in [7, 11) is 0. The molecule has 0 spiro atoms. The molecular weight excluding hydrogens is 345 g/mol. The summed E-state index contributed by atoms with van der Waals surface area (Å²) in [4.78, 5) is 12.5. The van der Waals surface area contributed by atoms with E-state index in [0.29, 0.717) is 6.54 Å². The third-order valence-corrected chi connectivity index (χ3v) is 4.02. The Labute approximate surface area is 120 Å². The third-order valence-electron chi connectivity index (χ3n) is 3.35. The zero-order valence-electron chi connectivity index (χ0n) is 9.92. The lowest BCUT2D eigenvalue weighted by atomic mass is 9.93. The Hall–Kier alpha value is -0.820. The van der Waals surface area contributed by atoms with Crippen molar-refractivity contribution in [1.29, 1.82) is 0 Å². The van der Waals surface area contributed by atoms with Gasteiger partial charge in [0, 0.05) is 10.1 Å². The molecule has 1 fully saturated rings. The second-order valence-electron chi connectivity index (χ2n) is 4.54. The molecule has 1 unspecified atom stereocenters. The van der Waals surface area contributed by atoms with Gasteiger partial charge in [0.2, 0.25) is 0 Å². The van der Waals surface area contributed by atoms with Crippen LogP contribution in [0.3, 0.4) is 0 Å². The van der Waals surface area contributed by atoms with E-state index in [4.69, 9.17) is 0 Å². The number of aliphatic hydroxyl groups excluding tert-OH is 1. The number of carbonyl (C=O) groups is 1. The Balaban J connectivity index is 2.20. The molecule has 0 saturated carbocycles. The molecule has 4 nitrogen and oxygen atoms in total. The molecule has 0 aromatic heterocycles. The minimum atomic E-state index is -0.940. The summed E-state index contributed by atoms with van der Waals surface area (Å²) in [6.45, 7) is 0.515. The number of benzene rings is 1. The average Bonchev–Trinajstić information content (AvgIpc) is 2.38. The van der Waals surface area contributed by atoms with Crippen LogP contribution in [0.4, 0.5) is 4.79 Å². The first-order valence-electron chi connectivity index (χ1n) is 6.02. The summed E-state index contributed by atoms with van der Waals surface area (Å²) in [5.74, 6) is 0. The van der Waals surface area contributed by atoms with Gasteiger partial charge in [0.05, 0.1) is 12.1 Å². The normalized spacial score (nSPS) is 21.7. The third kappa shape index (κ3) is 2.95. The molecule has 2 N–H and O–H groups in total. The predicted molar refractivity (Wildman–Crippen MR) is 76.5 cm³/mol. The number of amides is 1. The Morgan fingerprint density at radius 3 is 2.89 bits per heavy atom. The minimum Gasteiger partial charge on any atom is -0.465 e. The van der Waals surface area contributed by atoms with Crippen LogP contribution in [0.2, 0.25) is 0 Å². The molecule has 1 aromatic rings. The lowest BCUT2D eigenvalue weighted by Crippen LogP contribution is -2.46. The van der Waals surface area contributed by atoms with E-state index in [2.05, 4.69) is 22.6 Å². The van der Waals surface area contributed by atoms with Gasteiger partial charge in [-0.1, -0.05) is 12.1 Å². The van der Waals surface area contributed by atoms with E-state index >= 15 is 0 Å². The highest BCUT2D eigenvalue weighted by molar-refractivity contribution is 14.1. The number of carboxylic acid groups (broad SMARTS) is 1. The summed E-state index contributed by atoms with van der Waals surface area (Å²) < 4.78 is 1.04. The van der Waals surface area contributed by atoms with Crippen LogP contribution < -0.4 is 0 Å². The van der Waals surface area contributed by atoms with Crippen molar-refractivity contribution in [3.05, 3.63) is 33.4 Å². The van der Waals surface area contributed by atoms with E-state index in [0.717, 1.165) is 28.4 Å². The second kappa shape index (κ2) is 5.88. The van der Waals surface area contributed by atoms with Gasteiger partial charge in [0.25, 0.3) is 0 Å². The fraction of sp³-hybridized carbons (Fsp3) is 0.462. The minimum absolute atomic E-state index is 0.325. The summed E-state index contributed by atoms with van der Waals surface area (Å²) >= 11 is 2.19. The van der Waals surface area contributed by atoms with E-state index in [1.807, 2.05) is 24.3 Å². The molecule has 2 rings (SSSR count). The van der Waals surface area contributed by atoms with Gasteiger partial charge in [-0.05, 0) is 59.5 Å². The molecule has 1 saturated heterocycles. The smallest absolute Gasteiger partial charge is 0.407 e. The van der Waals surface area contributed by atoms with Gasteiger partial charge in [-0.2, -0.15) is 0 Å². The Morgan fingerprint density at radius 1 is 1.44 bits per heavy atom. The van der Waals surface area contributed by atoms with Gasteiger partial charge < -0.3 is 15.1 Å². The quantitative estimate of drug-likeness (QED) is 0.797. The second-order valence-corrected chi connectivity index (χ2v) is 5.78. The molecule has 2 atom stereocenters. The fourth-order valence-electron chi connectivity index (χ4n) is 2.44. The number of halogens is 1. The van der Waals surface area contributed by atoms with E-state index in [1.165, 1.54) is 4.90 Å². The highest BCUT2D eigenvalue weighted by atomic mass is 127. The van der Waals surface area contributed by atoms with Gasteiger partial charge in [-0.25, -0.2) is 4.79 Å². The van der Waals surface area contributed by atoms with Gasteiger partial charge in [0.15, 0.2) is 0 Å². The number of hydrogen-bond acceptors (Lipinski definition) is 2. The standard InChI is InChI=1S/C13H16INO3/c14-10-5-3-4-9(8-10)12(16)11-6-1-2-7-15(11)13(17)18/h3-5,8,11-12,16H,1-2,6-7H2,(H,17,18)/t11-,12?/m0/s1. The molecule has 0 bridgehead atoms. The number of rotatable bonds is 2. The maximum atomic E-state index is 11.2. The summed E-state index contributed by atoms with van der Waals surface area (Å²) in [6.07, 6.45) is 0.886. The lowest BCUT2D eigenvalue weighted by Gasteiger charge is -2.36. The maximum Gasteiger partial charge on any atom is 0.407 e. The predicted octanol–water partition coefficient (Wildman–Crippen LogP) is 2.86. The van der Waals surface area contributed by atoms with Gasteiger partial charge in [-0.15, -0.1) is 0 Å². The maximum absolute atomic E-state index is 11.2. The van der Waals surface area contributed by atoms with Crippen LogP contribution in [-0.4, -0.2) is 33.8 Å². The van der Waals surface area contributed by atoms with Crippen LogP contribution in [0.25, 0.3) is 0 Å². The van der Waals surface area contributed by atoms with Crippen LogP contribution in [0.5, 0.6) is 0 Å². The van der Waals surface area contributed by atoms with Crippen LogP contribution in [0.1, 0.15) is 30.9 Å². The largest absolute Gasteiger partial charge is 0.465 e. The number of aliphatic hydroxyl groups is 1. The first kappa shape index (κ1) is 13.6. The van der Waals surface area contributed by atoms with Crippen LogP contribution in [0.15, 0.2) is 24.3 Å². The van der Waals surface area contributed by atoms with Crippen molar-refractivity contribution < 1.29 is 15.0 Å². The van der Waals surface area contributed by atoms with Crippen molar-refractivity contribution in [3.63, 3.8) is 0 Å². The monoisotopic (exact) mass is 361 g/mol. The van der Waals surface area contributed by atoms with E-state index < -0.39 is 12.2 Å². The van der Waals surface area contributed by atoms with E-state index in [-0.39, 0.29) is 6.04 Å². The van der Waals surface area contributed by atoms with Gasteiger partial charge in [0.1, 0.15) is 0 Å². The molecule has 0 radical (unpaired) electrons. The lowest BCUT2D eigenvalue weighted by molar-refractivity contribution is 0.0285. The van der Waals surface area contributed by atoms with Crippen molar-refractivity contribution >= 4 is 28.7 Å². The van der Waals surface area contributed by atoms with Gasteiger partial charge in [-0.3, -0.25) is 0 Å². The molecule has 98 valence electrons. The SMILES string of the molecule is O=C(O)N1CCCC[C@H]1C(O)c1cccc(I)c1. The van der Waals surface area contributed by atoms with Gasteiger partial charge >= 0.3 is 6.09 Å². The first-order valence-corrected chi connectivity index (χ1v) is 7.10. The number of piperidine rings is 1. The fourth-order valence-corrected chi connectivity index (χ4v) is 3.00. The van der Waals surface area contributed by atoms with Crippen molar-refractivity contribution in [1.82, 2.24) is 4.90 Å². The molecule has 1 aromatic carbocycles. The van der Waals surface area contributed by atoms with Crippen molar-refractivity contribution in [2.45, 2.75) is 31.4 Å². The Kier molecular flexibility index (Phi) is 4.45. The molecule has 1 aliphatic rings. The summed E-state index contributed by atoms with van der Waals surface area (Å²) in [5.41, 5.74) is 0.792. The average molecular weight is 361 g/mol. The molecular formula is C13H16INO3. The molecule has 0 aliphatic carbocycles. The molecule has 1 aliphatic heterocycles.